The highest BCUT2D eigenvalue weighted by Crippen LogP contribution is 2.29. The van der Waals surface area contributed by atoms with E-state index in [9.17, 15) is 18.0 Å². The van der Waals surface area contributed by atoms with Gasteiger partial charge in [0.1, 0.15) is 0 Å². The normalized spacial score (nSPS) is 20.5. The lowest BCUT2D eigenvalue weighted by atomic mass is 9.92. The molecule has 1 aliphatic rings. The largest absolute Gasteiger partial charge is 0.416 e. The highest BCUT2D eigenvalue weighted by atomic mass is 19.4. The molecule has 2 N–H and O–H groups in total. The number of halogens is 3. The Labute approximate surface area is 128 Å². The van der Waals surface area contributed by atoms with Crippen molar-refractivity contribution in [3.63, 3.8) is 0 Å². The lowest BCUT2D eigenvalue weighted by Gasteiger charge is -2.29. The van der Waals surface area contributed by atoms with Crippen molar-refractivity contribution in [3.05, 3.63) is 35.4 Å². The highest BCUT2D eigenvalue weighted by molar-refractivity contribution is 5.78. The number of nitrogens with one attached hydrogen (secondary N) is 2. The van der Waals surface area contributed by atoms with E-state index >= 15 is 0 Å². The summed E-state index contributed by atoms with van der Waals surface area (Å²) in [4.78, 5) is 12.0. The second kappa shape index (κ2) is 7.13. The van der Waals surface area contributed by atoms with Gasteiger partial charge in [0.25, 0.3) is 0 Å². The Bertz CT molecular complexity index is 493. The van der Waals surface area contributed by atoms with Gasteiger partial charge in [-0.2, -0.15) is 13.2 Å². The van der Waals surface area contributed by atoms with Gasteiger partial charge in [-0.3, -0.25) is 4.79 Å². The van der Waals surface area contributed by atoms with Gasteiger partial charge in [0.15, 0.2) is 0 Å². The topological polar surface area (TPSA) is 41.1 Å². The first-order valence-electron chi connectivity index (χ1n) is 7.52. The minimum atomic E-state index is -4.34. The van der Waals surface area contributed by atoms with Crippen molar-refractivity contribution in [2.75, 3.05) is 13.1 Å². The molecule has 122 valence electrons. The second-order valence-electron chi connectivity index (χ2n) is 5.83. The van der Waals surface area contributed by atoms with Crippen LogP contribution in [0.3, 0.4) is 0 Å². The maximum atomic E-state index is 12.5. The molecule has 0 radical (unpaired) electrons. The number of rotatable bonds is 4. The fourth-order valence-electron chi connectivity index (χ4n) is 2.73. The summed E-state index contributed by atoms with van der Waals surface area (Å²) in [5.74, 6) is 0.253. The maximum Gasteiger partial charge on any atom is 0.416 e. The Kier molecular flexibility index (Phi) is 5.45. The van der Waals surface area contributed by atoms with E-state index in [1.807, 2.05) is 6.92 Å². The lowest BCUT2D eigenvalue weighted by molar-refractivity contribution is -0.137. The first-order chi connectivity index (χ1) is 10.4. The van der Waals surface area contributed by atoms with Gasteiger partial charge in [0.2, 0.25) is 5.91 Å². The standard InChI is InChI=1S/C16H21F3N2O/c1-11(13-3-2-8-20-10-13)21-15(22)9-12-4-6-14(7-5-12)16(17,18)19/h4-7,11,13,20H,2-3,8-10H2,1H3,(H,21,22). The molecule has 1 saturated heterocycles. The van der Waals surface area contributed by atoms with E-state index in [2.05, 4.69) is 10.6 Å². The predicted molar refractivity (Wildman–Crippen MR) is 78.3 cm³/mol. The van der Waals surface area contributed by atoms with Crippen LogP contribution < -0.4 is 10.6 Å². The zero-order chi connectivity index (χ0) is 16.2. The van der Waals surface area contributed by atoms with Gasteiger partial charge < -0.3 is 10.6 Å². The molecule has 2 atom stereocenters. The van der Waals surface area contributed by atoms with E-state index in [0.29, 0.717) is 11.5 Å². The molecule has 1 aromatic carbocycles. The first-order valence-corrected chi connectivity index (χ1v) is 7.52. The van der Waals surface area contributed by atoms with E-state index in [1.165, 1.54) is 12.1 Å². The minimum Gasteiger partial charge on any atom is -0.353 e. The summed E-state index contributed by atoms with van der Waals surface area (Å²) < 4.78 is 37.4. The molecule has 0 spiro atoms. The second-order valence-corrected chi connectivity index (χ2v) is 5.83. The molecular formula is C16H21F3N2O. The summed E-state index contributed by atoms with van der Waals surface area (Å²) >= 11 is 0. The third kappa shape index (κ3) is 4.73. The molecule has 0 saturated carbocycles. The van der Waals surface area contributed by atoms with Crippen molar-refractivity contribution < 1.29 is 18.0 Å². The Morgan fingerprint density at radius 3 is 2.59 bits per heavy atom. The third-order valence-corrected chi connectivity index (χ3v) is 4.08. The number of benzene rings is 1. The Morgan fingerprint density at radius 2 is 2.05 bits per heavy atom. The smallest absolute Gasteiger partial charge is 0.353 e. The predicted octanol–water partition coefficient (Wildman–Crippen LogP) is 2.75. The number of piperidine rings is 1. The van der Waals surface area contributed by atoms with Crippen LogP contribution in [0.15, 0.2) is 24.3 Å². The average molecular weight is 314 g/mol. The monoisotopic (exact) mass is 314 g/mol. The van der Waals surface area contributed by atoms with Crippen LogP contribution in [-0.4, -0.2) is 25.0 Å². The van der Waals surface area contributed by atoms with Crippen molar-refractivity contribution in [3.8, 4) is 0 Å². The summed E-state index contributed by atoms with van der Waals surface area (Å²) in [7, 11) is 0. The molecule has 0 aromatic heterocycles. The van der Waals surface area contributed by atoms with E-state index in [0.717, 1.165) is 38.1 Å². The third-order valence-electron chi connectivity index (χ3n) is 4.08. The fourth-order valence-corrected chi connectivity index (χ4v) is 2.73. The Morgan fingerprint density at radius 1 is 1.36 bits per heavy atom. The molecule has 1 heterocycles. The SMILES string of the molecule is CC(NC(=O)Cc1ccc(C(F)(F)F)cc1)C1CCCNC1. The van der Waals surface area contributed by atoms with Gasteiger partial charge in [-0.1, -0.05) is 12.1 Å². The van der Waals surface area contributed by atoms with Crippen LogP contribution in [0, 0.1) is 5.92 Å². The first kappa shape index (κ1) is 16.8. The molecule has 1 aromatic rings. The van der Waals surface area contributed by atoms with Gasteiger partial charge >= 0.3 is 6.18 Å². The van der Waals surface area contributed by atoms with Gasteiger partial charge in [0, 0.05) is 6.04 Å². The Balaban J connectivity index is 1.86. The highest BCUT2D eigenvalue weighted by Gasteiger charge is 2.30. The van der Waals surface area contributed by atoms with Crippen LogP contribution in [0.5, 0.6) is 0 Å². The number of hydrogen-bond acceptors (Lipinski definition) is 2. The molecular weight excluding hydrogens is 293 g/mol. The van der Waals surface area contributed by atoms with Gasteiger partial charge in [0.05, 0.1) is 12.0 Å². The van der Waals surface area contributed by atoms with Crippen molar-refractivity contribution in [2.24, 2.45) is 5.92 Å². The molecule has 22 heavy (non-hydrogen) atoms. The summed E-state index contributed by atoms with van der Waals surface area (Å²) in [5, 5.41) is 6.24. The quantitative estimate of drug-likeness (QED) is 0.897. The van der Waals surface area contributed by atoms with Crippen LogP contribution in [-0.2, 0) is 17.4 Å². The molecule has 2 rings (SSSR count). The van der Waals surface area contributed by atoms with Crippen molar-refractivity contribution in [2.45, 2.75) is 38.4 Å². The van der Waals surface area contributed by atoms with Crippen LogP contribution in [0.4, 0.5) is 13.2 Å². The molecule has 0 bridgehead atoms. The van der Waals surface area contributed by atoms with Gasteiger partial charge in [-0.15, -0.1) is 0 Å². The van der Waals surface area contributed by atoms with Crippen molar-refractivity contribution in [1.82, 2.24) is 10.6 Å². The van der Waals surface area contributed by atoms with E-state index < -0.39 is 11.7 Å². The molecule has 1 amide bonds. The maximum absolute atomic E-state index is 12.5. The van der Waals surface area contributed by atoms with Crippen LogP contribution >= 0.6 is 0 Å². The van der Waals surface area contributed by atoms with E-state index in [4.69, 9.17) is 0 Å². The Hall–Kier alpha value is -1.56. The zero-order valence-electron chi connectivity index (χ0n) is 12.5. The zero-order valence-corrected chi connectivity index (χ0v) is 12.5. The lowest BCUT2D eigenvalue weighted by Crippen LogP contribution is -2.45. The van der Waals surface area contributed by atoms with Crippen LogP contribution in [0.2, 0.25) is 0 Å². The summed E-state index contributed by atoms with van der Waals surface area (Å²) in [5.41, 5.74) is -0.113. The number of carbonyl (C=O) groups excluding carboxylic acids is 1. The number of hydrogen-bond donors (Lipinski definition) is 2. The van der Waals surface area contributed by atoms with Crippen molar-refractivity contribution >= 4 is 5.91 Å². The van der Waals surface area contributed by atoms with Gasteiger partial charge in [-0.05, 0) is 56.5 Å². The summed E-state index contributed by atoms with van der Waals surface area (Å²) in [6.45, 7) is 3.88. The molecule has 0 aliphatic carbocycles. The summed E-state index contributed by atoms with van der Waals surface area (Å²) in [6, 6.07) is 4.80. The number of amides is 1. The molecule has 3 nitrogen and oxygen atoms in total. The average Bonchev–Trinajstić information content (AvgIpc) is 2.47. The van der Waals surface area contributed by atoms with Crippen LogP contribution in [0.25, 0.3) is 0 Å². The molecule has 6 heteroatoms. The van der Waals surface area contributed by atoms with E-state index in [1.54, 1.807) is 0 Å². The van der Waals surface area contributed by atoms with Crippen molar-refractivity contribution in [1.29, 1.82) is 0 Å². The van der Waals surface area contributed by atoms with Crippen LogP contribution in [0.1, 0.15) is 30.9 Å². The van der Waals surface area contributed by atoms with Gasteiger partial charge in [-0.25, -0.2) is 0 Å². The number of alkyl halides is 3. The minimum absolute atomic E-state index is 0.0646. The molecule has 1 fully saturated rings. The summed E-state index contributed by atoms with van der Waals surface area (Å²) in [6.07, 6.45) is -2.07. The number of carbonyl (C=O) groups is 1. The fraction of sp³-hybridized carbons (Fsp3) is 0.562. The molecule has 2 unspecified atom stereocenters. The van der Waals surface area contributed by atoms with E-state index in [-0.39, 0.29) is 18.4 Å². The molecule has 1 aliphatic heterocycles.